The maximum absolute atomic E-state index is 12.2. The molecule has 0 saturated heterocycles. The van der Waals surface area contributed by atoms with Crippen molar-refractivity contribution in [3.05, 3.63) is 58.1 Å². The second-order valence-electron chi connectivity index (χ2n) is 4.57. The predicted molar refractivity (Wildman–Crippen MR) is 87.8 cm³/mol. The third-order valence-electron chi connectivity index (χ3n) is 2.93. The summed E-state index contributed by atoms with van der Waals surface area (Å²) in [7, 11) is 0. The van der Waals surface area contributed by atoms with E-state index in [2.05, 4.69) is 21.2 Å². The number of ether oxygens (including phenoxy) is 1. The number of aryl methyl sites for hydroxylation is 1. The van der Waals surface area contributed by atoms with Crippen LogP contribution in [0.1, 0.15) is 15.9 Å². The molecule has 1 amide bonds. The fourth-order valence-electron chi connectivity index (χ4n) is 1.89. The third-order valence-corrected chi connectivity index (χ3v) is 3.43. The summed E-state index contributed by atoms with van der Waals surface area (Å²) in [6.45, 7) is 2.86. The first kappa shape index (κ1) is 15.5. The van der Waals surface area contributed by atoms with Crippen molar-refractivity contribution in [1.29, 1.82) is 0 Å². The molecule has 0 unspecified atom stereocenters. The van der Waals surface area contributed by atoms with Crippen LogP contribution < -0.4 is 15.8 Å². The zero-order chi connectivity index (χ0) is 15.2. The Kier molecular flexibility index (Phi) is 5.36. The number of hydrogen-bond donors (Lipinski definition) is 2. The van der Waals surface area contributed by atoms with Gasteiger partial charge in [-0.15, -0.1) is 0 Å². The first-order valence-corrected chi connectivity index (χ1v) is 7.40. The van der Waals surface area contributed by atoms with Gasteiger partial charge in [-0.25, -0.2) is 0 Å². The van der Waals surface area contributed by atoms with Crippen LogP contribution in [0, 0.1) is 6.92 Å². The van der Waals surface area contributed by atoms with Crippen molar-refractivity contribution in [3.8, 4) is 5.75 Å². The number of amides is 1. The van der Waals surface area contributed by atoms with E-state index in [0.717, 1.165) is 21.5 Å². The Morgan fingerprint density at radius 2 is 1.95 bits per heavy atom. The number of halogens is 1. The van der Waals surface area contributed by atoms with Crippen LogP contribution in [0.25, 0.3) is 0 Å². The minimum absolute atomic E-state index is 0.129. The van der Waals surface area contributed by atoms with Gasteiger partial charge in [0.1, 0.15) is 12.4 Å². The SMILES string of the molecule is Cc1cc(Br)ccc1C(=O)Nc1ccc(OCCN)cc1. The van der Waals surface area contributed by atoms with E-state index >= 15 is 0 Å². The Hall–Kier alpha value is -1.85. The van der Waals surface area contributed by atoms with E-state index < -0.39 is 0 Å². The van der Waals surface area contributed by atoms with Crippen LogP contribution in [0.3, 0.4) is 0 Å². The molecule has 0 bridgehead atoms. The minimum atomic E-state index is -0.129. The molecular formula is C16H17BrN2O2. The molecule has 0 aliphatic carbocycles. The van der Waals surface area contributed by atoms with Crippen LogP contribution in [-0.4, -0.2) is 19.1 Å². The van der Waals surface area contributed by atoms with Gasteiger partial charge in [0.05, 0.1) is 0 Å². The molecule has 3 N–H and O–H groups in total. The van der Waals surface area contributed by atoms with Crippen molar-refractivity contribution in [2.24, 2.45) is 5.73 Å². The average molecular weight is 349 g/mol. The summed E-state index contributed by atoms with van der Waals surface area (Å²) in [5.74, 6) is 0.605. The fourth-order valence-corrected chi connectivity index (χ4v) is 2.37. The van der Waals surface area contributed by atoms with Crippen molar-refractivity contribution in [1.82, 2.24) is 0 Å². The fraction of sp³-hybridized carbons (Fsp3) is 0.188. The standard InChI is InChI=1S/C16H17BrN2O2/c1-11-10-12(17)2-7-15(11)16(20)19-13-3-5-14(6-4-13)21-9-8-18/h2-7,10H,8-9,18H2,1H3,(H,19,20). The van der Waals surface area contributed by atoms with Crippen LogP contribution in [0.15, 0.2) is 46.9 Å². The monoisotopic (exact) mass is 348 g/mol. The molecule has 0 aliphatic heterocycles. The molecule has 0 aliphatic rings. The Labute approximate surface area is 132 Å². The van der Waals surface area contributed by atoms with E-state index in [1.54, 1.807) is 30.3 Å². The number of carbonyl (C=O) groups excluding carboxylic acids is 1. The number of anilines is 1. The zero-order valence-corrected chi connectivity index (χ0v) is 13.3. The summed E-state index contributed by atoms with van der Waals surface area (Å²) in [4.78, 5) is 12.2. The van der Waals surface area contributed by atoms with E-state index in [0.29, 0.717) is 18.7 Å². The van der Waals surface area contributed by atoms with Crippen molar-refractivity contribution in [3.63, 3.8) is 0 Å². The highest BCUT2D eigenvalue weighted by molar-refractivity contribution is 9.10. The van der Waals surface area contributed by atoms with Crippen LogP contribution in [0.5, 0.6) is 5.75 Å². The largest absolute Gasteiger partial charge is 0.492 e. The molecular weight excluding hydrogens is 332 g/mol. The van der Waals surface area contributed by atoms with E-state index in [4.69, 9.17) is 10.5 Å². The quantitative estimate of drug-likeness (QED) is 0.870. The lowest BCUT2D eigenvalue weighted by Gasteiger charge is -2.09. The predicted octanol–water partition coefficient (Wildman–Crippen LogP) is 3.35. The van der Waals surface area contributed by atoms with E-state index in [9.17, 15) is 4.79 Å². The minimum Gasteiger partial charge on any atom is -0.492 e. The van der Waals surface area contributed by atoms with Gasteiger partial charge in [-0.05, 0) is 55.0 Å². The summed E-state index contributed by atoms with van der Waals surface area (Å²) < 4.78 is 6.35. The van der Waals surface area contributed by atoms with E-state index in [1.165, 1.54) is 0 Å². The highest BCUT2D eigenvalue weighted by atomic mass is 79.9. The zero-order valence-electron chi connectivity index (χ0n) is 11.7. The van der Waals surface area contributed by atoms with Gasteiger partial charge >= 0.3 is 0 Å². The van der Waals surface area contributed by atoms with Gasteiger partial charge in [0.15, 0.2) is 0 Å². The van der Waals surface area contributed by atoms with E-state index in [-0.39, 0.29) is 5.91 Å². The highest BCUT2D eigenvalue weighted by Gasteiger charge is 2.09. The second-order valence-corrected chi connectivity index (χ2v) is 5.49. The maximum Gasteiger partial charge on any atom is 0.255 e. The van der Waals surface area contributed by atoms with Crippen molar-refractivity contribution in [2.45, 2.75) is 6.92 Å². The molecule has 110 valence electrons. The van der Waals surface area contributed by atoms with Crippen LogP contribution in [0.4, 0.5) is 5.69 Å². The van der Waals surface area contributed by atoms with Crippen LogP contribution in [0.2, 0.25) is 0 Å². The highest BCUT2D eigenvalue weighted by Crippen LogP contribution is 2.19. The number of rotatable bonds is 5. The molecule has 0 radical (unpaired) electrons. The van der Waals surface area contributed by atoms with Gasteiger partial charge in [0.2, 0.25) is 0 Å². The normalized spacial score (nSPS) is 10.2. The molecule has 2 aromatic rings. The van der Waals surface area contributed by atoms with Crippen molar-refractivity contribution in [2.75, 3.05) is 18.5 Å². The van der Waals surface area contributed by atoms with Gasteiger partial charge in [-0.3, -0.25) is 4.79 Å². The molecule has 0 saturated carbocycles. The summed E-state index contributed by atoms with van der Waals surface area (Å²) in [5, 5.41) is 2.87. The van der Waals surface area contributed by atoms with Crippen LogP contribution in [-0.2, 0) is 0 Å². The van der Waals surface area contributed by atoms with E-state index in [1.807, 2.05) is 19.1 Å². The molecule has 21 heavy (non-hydrogen) atoms. The van der Waals surface area contributed by atoms with Gasteiger partial charge in [0, 0.05) is 22.3 Å². The maximum atomic E-state index is 12.2. The van der Waals surface area contributed by atoms with Crippen molar-refractivity contribution >= 4 is 27.5 Å². The third kappa shape index (κ3) is 4.31. The summed E-state index contributed by atoms with van der Waals surface area (Å²) in [5.41, 5.74) is 7.68. The lowest BCUT2D eigenvalue weighted by Crippen LogP contribution is -2.13. The average Bonchev–Trinajstić information content (AvgIpc) is 2.46. The summed E-state index contributed by atoms with van der Waals surface area (Å²) in [6.07, 6.45) is 0. The second kappa shape index (κ2) is 7.24. The molecule has 0 fully saturated rings. The molecule has 0 spiro atoms. The number of benzene rings is 2. The number of nitrogens with two attached hydrogens (primary N) is 1. The molecule has 2 rings (SSSR count). The molecule has 0 aromatic heterocycles. The smallest absolute Gasteiger partial charge is 0.255 e. The van der Waals surface area contributed by atoms with Crippen LogP contribution >= 0.6 is 15.9 Å². The Balaban J connectivity index is 2.05. The Morgan fingerprint density at radius 1 is 1.24 bits per heavy atom. The van der Waals surface area contributed by atoms with Gasteiger partial charge in [-0.1, -0.05) is 15.9 Å². The lowest BCUT2D eigenvalue weighted by atomic mass is 10.1. The number of carbonyl (C=O) groups is 1. The van der Waals surface area contributed by atoms with Crippen molar-refractivity contribution < 1.29 is 9.53 Å². The van der Waals surface area contributed by atoms with Gasteiger partial charge < -0.3 is 15.8 Å². The van der Waals surface area contributed by atoms with Gasteiger partial charge in [-0.2, -0.15) is 0 Å². The summed E-state index contributed by atoms with van der Waals surface area (Å²) in [6, 6.07) is 12.8. The topological polar surface area (TPSA) is 64.3 Å². The van der Waals surface area contributed by atoms with Gasteiger partial charge in [0.25, 0.3) is 5.91 Å². The lowest BCUT2D eigenvalue weighted by molar-refractivity contribution is 0.102. The number of nitrogens with one attached hydrogen (secondary N) is 1. The molecule has 4 nitrogen and oxygen atoms in total. The molecule has 2 aromatic carbocycles. The Morgan fingerprint density at radius 3 is 2.57 bits per heavy atom. The summed E-state index contributed by atoms with van der Waals surface area (Å²) >= 11 is 3.39. The first-order chi connectivity index (χ1) is 10.1. The number of hydrogen-bond acceptors (Lipinski definition) is 3. The first-order valence-electron chi connectivity index (χ1n) is 6.60. The Bertz CT molecular complexity index is 627. The molecule has 5 heteroatoms. The molecule has 0 atom stereocenters. The molecule has 0 heterocycles.